The van der Waals surface area contributed by atoms with E-state index >= 15 is 0 Å². The van der Waals surface area contributed by atoms with E-state index in [1.54, 1.807) is 0 Å². The summed E-state index contributed by atoms with van der Waals surface area (Å²) in [6, 6.07) is 23.9. The van der Waals surface area contributed by atoms with Gasteiger partial charge in [-0.15, -0.1) is 0 Å². The summed E-state index contributed by atoms with van der Waals surface area (Å²) >= 11 is 6.14. The molecule has 4 aromatic carbocycles. The van der Waals surface area contributed by atoms with Gasteiger partial charge in [-0.05, 0) is 80.4 Å². The van der Waals surface area contributed by atoms with E-state index in [0.717, 1.165) is 9.87 Å². The van der Waals surface area contributed by atoms with Crippen LogP contribution >= 0.6 is 11.6 Å². The number of carbonyl (C=O) groups is 2. The molecule has 0 unspecified atom stereocenters. The van der Waals surface area contributed by atoms with Gasteiger partial charge in [-0.25, -0.2) is 12.8 Å². The number of benzene rings is 4. The minimum atomic E-state index is -4.41. The van der Waals surface area contributed by atoms with Crippen molar-refractivity contribution >= 4 is 39.1 Å². The standard InChI is InChI=1S/C36H39ClFN3O6S/c1-36(2,3)39-35(43)31(21-25-9-7-6-8-10-25)40(23-26-11-15-28(38)16-12-26)34(42)24-41(29-17-13-27(37)14-18-29)48(44,45)30-19-20-32(46-4)33(22-30)47-5/h6-20,22,31H,21,23-24H2,1-5H3,(H,39,43)/t31-/m0/s1. The molecule has 0 radical (unpaired) electrons. The average molecular weight is 696 g/mol. The number of amides is 2. The number of anilines is 1. The summed E-state index contributed by atoms with van der Waals surface area (Å²) in [5.74, 6) is -1.05. The molecule has 0 aliphatic carbocycles. The second-order valence-electron chi connectivity index (χ2n) is 12.1. The van der Waals surface area contributed by atoms with E-state index in [1.807, 2.05) is 51.1 Å². The molecule has 1 atom stereocenters. The van der Waals surface area contributed by atoms with Crippen molar-refractivity contribution < 1.29 is 31.9 Å². The van der Waals surface area contributed by atoms with Crippen LogP contribution in [-0.4, -0.2) is 57.5 Å². The Kier molecular flexibility index (Phi) is 11.7. The Hall–Kier alpha value is -4.61. The summed E-state index contributed by atoms with van der Waals surface area (Å²) in [6.45, 7) is 4.71. The molecule has 4 rings (SSSR count). The summed E-state index contributed by atoms with van der Waals surface area (Å²) in [5.41, 5.74) is 0.870. The fourth-order valence-corrected chi connectivity index (χ4v) is 6.59. The van der Waals surface area contributed by atoms with Crippen LogP contribution in [0.3, 0.4) is 0 Å². The number of nitrogens with one attached hydrogen (secondary N) is 1. The van der Waals surface area contributed by atoms with Crippen LogP contribution in [0.15, 0.2) is 102 Å². The Balaban J connectivity index is 1.83. The highest BCUT2D eigenvalue weighted by Gasteiger charge is 2.36. The second-order valence-corrected chi connectivity index (χ2v) is 14.4. The number of sulfonamides is 1. The van der Waals surface area contributed by atoms with Crippen molar-refractivity contribution in [3.8, 4) is 11.5 Å². The molecule has 0 aliphatic rings. The summed E-state index contributed by atoms with van der Waals surface area (Å²) in [4.78, 5) is 29.7. The predicted molar refractivity (Wildman–Crippen MR) is 184 cm³/mol. The zero-order valence-corrected chi connectivity index (χ0v) is 29.0. The molecule has 12 heteroatoms. The largest absolute Gasteiger partial charge is 0.493 e. The highest BCUT2D eigenvalue weighted by atomic mass is 35.5. The summed E-state index contributed by atoms with van der Waals surface area (Å²) in [6.07, 6.45) is 0.138. The molecule has 254 valence electrons. The number of hydrogen-bond donors (Lipinski definition) is 1. The number of carbonyl (C=O) groups excluding carboxylic acids is 2. The molecular formula is C36H39ClFN3O6S. The number of hydrogen-bond acceptors (Lipinski definition) is 6. The van der Waals surface area contributed by atoms with E-state index in [1.165, 1.54) is 85.8 Å². The van der Waals surface area contributed by atoms with Crippen molar-refractivity contribution in [2.45, 2.75) is 50.2 Å². The molecule has 0 saturated heterocycles. The minimum absolute atomic E-state index is 0.0982. The fraction of sp³-hybridized carbons (Fsp3) is 0.278. The first-order valence-electron chi connectivity index (χ1n) is 15.1. The van der Waals surface area contributed by atoms with Crippen LogP contribution in [0.1, 0.15) is 31.9 Å². The van der Waals surface area contributed by atoms with Crippen molar-refractivity contribution in [2.75, 3.05) is 25.1 Å². The van der Waals surface area contributed by atoms with E-state index in [0.29, 0.717) is 16.3 Å². The molecular weight excluding hydrogens is 657 g/mol. The average Bonchev–Trinajstić information content (AvgIpc) is 3.05. The Morgan fingerprint density at radius 1 is 0.854 bits per heavy atom. The molecule has 0 aromatic heterocycles. The van der Waals surface area contributed by atoms with Crippen LogP contribution in [0.25, 0.3) is 0 Å². The lowest BCUT2D eigenvalue weighted by Gasteiger charge is -2.35. The monoisotopic (exact) mass is 695 g/mol. The van der Waals surface area contributed by atoms with Crippen molar-refractivity contribution in [1.82, 2.24) is 10.2 Å². The third-order valence-corrected chi connectivity index (χ3v) is 9.39. The van der Waals surface area contributed by atoms with Crippen LogP contribution in [0, 0.1) is 5.82 Å². The van der Waals surface area contributed by atoms with Crippen molar-refractivity contribution in [1.29, 1.82) is 0 Å². The van der Waals surface area contributed by atoms with Gasteiger partial charge >= 0.3 is 0 Å². The highest BCUT2D eigenvalue weighted by Crippen LogP contribution is 2.33. The quantitative estimate of drug-likeness (QED) is 0.177. The first-order valence-corrected chi connectivity index (χ1v) is 16.9. The minimum Gasteiger partial charge on any atom is -0.493 e. The third kappa shape index (κ3) is 9.26. The van der Waals surface area contributed by atoms with Gasteiger partial charge in [0.15, 0.2) is 11.5 Å². The van der Waals surface area contributed by atoms with Crippen molar-refractivity contribution in [2.24, 2.45) is 0 Å². The molecule has 0 fully saturated rings. The molecule has 2 amide bonds. The lowest BCUT2D eigenvalue weighted by Crippen LogP contribution is -2.56. The molecule has 1 N–H and O–H groups in total. The van der Waals surface area contributed by atoms with Gasteiger partial charge in [0.1, 0.15) is 18.4 Å². The topological polar surface area (TPSA) is 105 Å². The maximum atomic E-state index is 14.6. The van der Waals surface area contributed by atoms with Crippen molar-refractivity contribution in [3.05, 3.63) is 119 Å². The number of ether oxygens (including phenoxy) is 2. The van der Waals surface area contributed by atoms with Crippen LogP contribution in [0.5, 0.6) is 11.5 Å². The summed E-state index contributed by atoms with van der Waals surface area (Å²) < 4.78 is 54.1. The Bertz CT molecular complexity index is 1820. The fourth-order valence-electron chi connectivity index (χ4n) is 5.03. The first-order chi connectivity index (χ1) is 22.7. The normalized spacial score (nSPS) is 12.1. The Labute approximate surface area is 286 Å². The molecule has 0 saturated carbocycles. The Morgan fingerprint density at radius 3 is 2.06 bits per heavy atom. The first kappa shape index (κ1) is 36.2. The van der Waals surface area contributed by atoms with E-state index in [4.69, 9.17) is 21.1 Å². The molecule has 4 aromatic rings. The van der Waals surface area contributed by atoms with Crippen LogP contribution in [0.2, 0.25) is 5.02 Å². The van der Waals surface area contributed by atoms with E-state index in [-0.39, 0.29) is 29.3 Å². The molecule has 0 bridgehead atoms. The van der Waals surface area contributed by atoms with Gasteiger partial charge in [0.2, 0.25) is 11.8 Å². The van der Waals surface area contributed by atoms with Gasteiger partial charge in [-0.2, -0.15) is 0 Å². The van der Waals surface area contributed by atoms with Crippen LogP contribution in [-0.2, 0) is 32.6 Å². The number of rotatable bonds is 13. The molecule has 48 heavy (non-hydrogen) atoms. The molecule has 0 aliphatic heterocycles. The Morgan fingerprint density at radius 2 is 1.48 bits per heavy atom. The lowest BCUT2D eigenvalue weighted by atomic mass is 10.0. The number of nitrogens with zero attached hydrogens (tertiary/aromatic N) is 2. The molecule has 9 nitrogen and oxygen atoms in total. The SMILES string of the molecule is COc1ccc(S(=O)(=O)N(CC(=O)N(Cc2ccc(F)cc2)[C@@H](Cc2ccccc2)C(=O)NC(C)(C)C)c2ccc(Cl)cc2)cc1OC. The van der Waals surface area contributed by atoms with Gasteiger partial charge in [-0.3, -0.25) is 13.9 Å². The third-order valence-electron chi connectivity index (χ3n) is 7.37. The molecule has 0 heterocycles. The predicted octanol–water partition coefficient (Wildman–Crippen LogP) is 6.25. The van der Waals surface area contributed by atoms with Crippen molar-refractivity contribution in [3.63, 3.8) is 0 Å². The van der Waals surface area contributed by atoms with Gasteiger partial charge < -0.3 is 19.7 Å². The van der Waals surface area contributed by atoms with Gasteiger partial charge in [-0.1, -0.05) is 54.1 Å². The second kappa shape index (κ2) is 15.5. The van der Waals surface area contributed by atoms with Gasteiger partial charge in [0.25, 0.3) is 10.0 Å². The smallest absolute Gasteiger partial charge is 0.264 e. The zero-order valence-electron chi connectivity index (χ0n) is 27.4. The van der Waals surface area contributed by atoms with E-state index < -0.39 is 45.8 Å². The van der Waals surface area contributed by atoms with Crippen LogP contribution in [0.4, 0.5) is 10.1 Å². The van der Waals surface area contributed by atoms with Crippen LogP contribution < -0.4 is 19.1 Å². The zero-order chi connectivity index (χ0) is 35.1. The summed E-state index contributed by atoms with van der Waals surface area (Å²) in [5, 5.41) is 3.34. The lowest BCUT2D eigenvalue weighted by molar-refractivity contribution is -0.140. The number of halogens is 2. The number of methoxy groups -OCH3 is 2. The highest BCUT2D eigenvalue weighted by molar-refractivity contribution is 7.92. The molecule has 0 spiro atoms. The maximum Gasteiger partial charge on any atom is 0.264 e. The van der Waals surface area contributed by atoms with Gasteiger partial charge in [0.05, 0.1) is 24.8 Å². The van der Waals surface area contributed by atoms with E-state index in [2.05, 4.69) is 5.32 Å². The maximum absolute atomic E-state index is 14.6. The summed E-state index contributed by atoms with van der Waals surface area (Å²) in [7, 11) is -1.59. The van der Waals surface area contributed by atoms with E-state index in [9.17, 15) is 22.4 Å². The van der Waals surface area contributed by atoms with Gasteiger partial charge in [0, 0.05) is 29.6 Å².